The zero-order valence-electron chi connectivity index (χ0n) is 16.8. The number of amides is 3. The van der Waals surface area contributed by atoms with Gasteiger partial charge in [-0.15, -0.1) is 0 Å². The molecule has 1 saturated carbocycles. The van der Waals surface area contributed by atoms with Crippen LogP contribution in [0.4, 0.5) is 10.5 Å². The Kier molecular flexibility index (Phi) is 4.07. The molecule has 10 heteroatoms. The van der Waals surface area contributed by atoms with Crippen molar-refractivity contribution in [3.63, 3.8) is 0 Å². The minimum Gasteiger partial charge on any atom is -0.271 e. The molecule has 0 saturated heterocycles. The van der Waals surface area contributed by atoms with Gasteiger partial charge in [0.2, 0.25) is 10.0 Å². The highest BCUT2D eigenvalue weighted by atomic mass is 32.2. The second-order valence-electron chi connectivity index (χ2n) is 8.30. The van der Waals surface area contributed by atoms with Crippen LogP contribution in [-0.2, 0) is 23.6 Å². The number of hydrogen-bond acceptors (Lipinski definition) is 5. The molecule has 4 rings (SSSR count). The lowest BCUT2D eigenvalue weighted by Gasteiger charge is -2.43. The van der Waals surface area contributed by atoms with Crippen molar-refractivity contribution in [1.82, 2.24) is 19.2 Å². The highest BCUT2D eigenvalue weighted by molar-refractivity contribution is 7.89. The van der Waals surface area contributed by atoms with E-state index in [1.54, 1.807) is 24.8 Å². The lowest BCUT2D eigenvalue weighted by atomic mass is 10.0. The van der Waals surface area contributed by atoms with Crippen molar-refractivity contribution in [2.24, 2.45) is 12.2 Å². The van der Waals surface area contributed by atoms with Crippen LogP contribution in [-0.4, -0.2) is 47.6 Å². The highest BCUT2D eigenvalue weighted by Crippen LogP contribution is 2.52. The average Bonchev–Trinajstić information content (AvgIpc) is 3.31. The van der Waals surface area contributed by atoms with Gasteiger partial charge < -0.3 is 0 Å². The van der Waals surface area contributed by atoms with Gasteiger partial charge in [0.05, 0.1) is 29.9 Å². The van der Waals surface area contributed by atoms with Crippen LogP contribution < -0.4 is 9.62 Å². The Morgan fingerprint density at radius 3 is 2.41 bits per heavy atom. The fraction of sp³-hybridized carbons (Fsp3) is 0.421. The van der Waals surface area contributed by atoms with Gasteiger partial charge in [-0.25, -0.2) is 27.7 Å². The summed E-state index contributed by atoms with van der Waals surface area (Å²) in [4.78, 5) is 27.9. The predicted octanol–water partition coefficient (Wildman–Crippen LogP) is 1.64. The third-order valence-corrected chi connectivity index (χ3v) is 7.25. The molecule has 1 aromatic heterocycles. The molecule has 1 aliphatic heterocycles. The van der Waals surface area contributed by atoms with Crippen LogP contribution >= 0.6 is 0 Å². The van der Waals surface area contributed by atoms with E-state index in [1.807, 2.05) is 19.9 Å². The number of rotatable bonds is 4. The lowest BCUT2D eigenvalue weighted by Crippen LogP contribution is -2.67. The van der Waals surface area contributed by atoms with E-state index in [0.29, 0.717) is 11.4 Å². The first-order valence-corrected chi connectivity index (χ1v) is 10.8. The minimum atomic E-state index is -3.99. The Morgan fingerprint density at radius 1 is 1.24 bits per heavy atom. The number of carbonyl (C=O) groups is 2. The number of sulfonamides is 1. The second-order valence-corrected chi connectivity index (χ2v) is 9.86. The molecule has 3 amide bonds. The quantitative estimate of drug-likeness (QED) is 0.758. The molecule has 2 aromatic rings. The van der Waals surface area contributed by atoms with Crippen molar-refractivity contribution in [3.05, 3.63) is 41.2 Å². The monoisotopic (exact) mass is 418 g/mol. The van der Waals surface area contributed by atoms with Gasteiger partial charge in [0.1, 0.15) is 11.1 Å². The van der Waals surface area contributed by atoms with Crippen LogP contribution in [0.1, 0.15) is 41.5 Å². The first-order chi connectivity index (χ1) is 13.4. The number of primary sulfonamides is 1. The molecular weight excluding hydrogens is 394 g/mol. The number of aromatic nitrogens is 2. The van der Waals surface area contributed by atoms with Crippen molar-refractivity contribution >= 4 is 27.6 Å². The summed E-state index contributed by atoms with van der Waals surface area (Å²) in [6.45, 7) is 3.89. The summed E-state index contributed by atoms with van der Waals surface area (Å²) in [5, 5.41) is 9.55. The Balaban J connectivity index is 1.90. The van der Waals surface area contributed by atoms with E-state index in [4.69, 9.17) is 5.14 Å². The van der Waals surface area contributed by atoms with Gasteiger partial charge in [-0.1, -0.05) is 0 Å². The standard InChI is InChI=1S/C19H24N5O4S/c1-12-9-13(22(3)21-12)11-23-17(25)15-10-14(29(20,27)28)5-6-16(15)24(4,18(23)26)19(2)7-8-19/h5-6,9-10H,7-8,11H2,1-4H3,(H2,20,27,28)/q+1. The first kappa shape index (κ1) is 19.7. The highest BCUT2D eigenvalue weighted by Gasteiger charge is 2.64. The van der Waals surface area contributed by atoms with Crippen LogP contribution in [0, 0.1) is 6.92 Å². The van der Waals surface area contributed by atoms with Gasteiger partial charge in [-0.3, -0.25) is 9.48 Å². The molecule has 1 atom stereocenters. The van der Waals surface area contributed by atoms with E-state index in [1.165, 1.54) is 17.0 Å². The van der Waals surface area contributed by atoms with Crippen LogP contribution in [0.3, 0.4) is 0 Å². The molecule has 0 spiro atoms. The third-order valence-electron chi connectivity index (χ3n) is 6.34. The SMILES string of the molecule is Cc1cc(CN2C(=O)c3cc(S(N)(=O)=O)ccc3[N+](C)(C3(C)CC3)C2=O)n(C)n1. The maximum absolute atomic E-state index is 13.6. The van der Waals surface area contributed by atoms with E-state index < -0.39 is 15.9 Å². The molecule has 1 fully saturated rings. The average molecular weight is 418 g/mol. The molecule has 1 aliphatic carbocycles. The van der Waals surface area contributed by atoms with E-state index in [-0.39, 0.29) is 33.1 Å². The molecule has 0 radical (unpaired) electrons. The number of benzene rings is 1. The summed E-state index contributed by atoms with van der Waals surface area (Å²) in [6.07, 6.45) is 1.66. The number of hydrogen-bond donors (Lipinski definition) is 1. The summed E-state index contributed by atoms with van der Waals surface area (Å²) in [5.74, 6) is -0.533. The third kappa shape index (κ3) is 2.82. The molecule has 29 heavy (non-hydrogen) atoms. The molecule has 9 nitrogen and oxygen atoms in total. The number of fused-ring (bicyclic) bond motifs is 1. The van der Waals surface area contributed by atoms with Gasteiger partial charge >= 0.3 is 6.03 Å². The zero-order chi connectivity index (χ0) is 21.4. The lowest BCUT2D eigenvalue weighted by molar-refractivity contribution is 0.0698. The van der Waals surface area contributed by atoms with Gasteiger partial charge in [0.25, 0.3) is 5.91 Å². The Bertz CT molecular complexity index is 1170. The smallest absolute Gasteiger partial charge is 0.271 e. The van der Waals surface area contributed by atoms with Crippen LogP contribution in [0.5, 0.6) is 0 Å². The number of nitrogens with two attached hydrogens (primary N) is 1. The van der Waals surface area contributed by atoms with Gasteiger partial charge in [-0.05, 0) is 32.0 Å². The normalized spacial score (nSPS) is 23.3. The fourth-order valence-electron chi connectivity index (χ4n) is 4.09. The van der Waals surface area contributed by atoms with Gasteiger partial charge in [-0.2, -0.15) is 5.10 Å². The maximum Gasteiger partial charge on any atom is 0.431 e. The van der Waals surface area contributed by atoms with Crippen molar-refractivity contribution in [2.75, 3.05) is 7.05 Å². The Hall–Kier alpha value is -2.56. The van der Waals surface area contributed by atoms with E-state index in [2.05, 4.69) is 5.10 Å². The first-order valence-electron chi connectivity index (χ1n) is 9.28. The molecule has 2 aliphatic rings. The van der Waals surface area contributed by atoms with E-state index in [0.717, 1.165) is 18.5 Å². The maximum atomic E-state index is 13.6. The summed E-state index contributed by atoms with van der Waals surface area (Å²) in [7, 11) is -0.442. The number of nitrogens with zero attached hydrogens (tertiary/aromatic N) is 4. The molecule has 2 heterocycles. The van der Waals surface area contributed by atoms with Crippen LogP contribution in [0.2, 0.25) is 0 Å². The van der Waals surface area contributed by atoms with Gasteiger partial charge in [0, 0.05) is 26.0 Å². The molecule has 1 unspecified atom stereocenters. The van der Waals surface area contributed by atoms with Gasteiger partial charge in [0.15, 0.2) is 5.69 Å². The van der Waals surface area contributed by atoms with Crippen molar-refractivity contribution in [3.8, 4) is 0 Å². The second kappa shape index (κ2) is 5.97. The summed E-state index contributed by atoms with van der Waals surface area (Å²) in [5.41, 5.74) is 1.83. The summed E-state index contributed by atoms with van der Waals surface area (Å²) < 4.78 is 25.2. The summed E-state index contributed by atoms with van der Waals surface area (Å²) >= 11 is 0. The number of urea groups is 1. The van der Waals surface area contributed by atoms with E-state index in [9.17, 15) is 18.0 Å². The van der Waals surface area contributed by atoms with Crippen molar-refractivity contribution in [1.29, 1.82) is 0 Å². The molecular formula is C19H24N5O4S+. The fourth-order valence-corrected chi connectivity index (χ4v) is 4.63. The van der Waals surface area contributed by atoms with Crippen LogP contribution in [0.25, 0.3) is 0 Å². The Morgan fingerprint density at radius 2 is 1.90 bits per heavy atom. The molecule has 2 N–H and O–H groups in total. The zero-order valence-corrected chi connectivity index (χ0v) is 17.7. The summed E-state index contributed by atoms with van der Waals surface area (Å²) in [6, 6.07) is 5.67. The number of carbonyl (C=O) groups excluding carboxylic acids is 2. The van der Waals surface area contributed by atoms with E-state index >= 15 is 0 Å². The topological polar surface area (TPSA) is 115 Å². The molecule has 154 valence electrons. The van der Waals surface area contributed by atoms with Crippen molar-refractivity contribution in [2.45, 2.75) is 43.7 Å². The molecule has 0 bridgehead atoms. The van der Waals surface area contributed by atoms with Crippen molar-refractivity contribution < 1.29 is 18.0 Å². The number of imide groups is 1. The largest absolute Gasteiger partial charge is 0.431 e. The van der Waals surface area contributed by atoms with Crippen LogP contribution in [0.15, 0.2) is 29.2 Å². The molecule has 1 aromatic carbocycles. The predicted molar refractivity (Wildman–Crippen MR) is 106 cm³/mol. The minimum absolute atomic E-state index is 0.0535. The Labute approximate surface area is 169 Å². The number of aryl methyl sites for hydroxylation is 2. The number of quaternary nitrogens is 1.